The molecule has 1 aliphatic rings. The molecule has 1 rings (SSSR count). The number of hydrogen-bond acceptors (Lipinski definition) is 3. The van der Waals surface area contributed by atoms with E-state index in [0.29, 0.717) is 0 Å². The van der Waals surface area contributed by atoms with Gasteiger partial charge >= 0.3 is 5.97 Å². The fraction of sp³-hybridized carbons (Fsp3) is 0.500. The van der Waals surface area contributed by atoms with Crippen molar-refractivity contribution in [2.45, 2.75) is 6.42 Å². The van der Waals surface area contributed by atoms with Gasteiger partial charge in [-0.05, 0) is 12.3 Å². The summed E-state index contributed by atoms with van der Waals surface area (Å²) in [5, 5.41) is 0. The highest BCUT2D eigenvalue weighted by Crippen LogP contribution is 2.37. The van der Waals surface area contributed by atoms with E-state index < -0.39 is 0 Å². The summed E-state index contributed by atoms with van der Waals surface area (Å²) in [5.41, 5.74) is 0. The Kier molecular flexibility index (Phi) is 2.41. The quantitative estimate of drug-likeness (QED) is 0.338. The Morgan fingerprint density at radius 2 is 2.27 bits per heavy atom. The van der Waals surface area contributed by atoms with Crippen LogP contribution in [0.25, 0.3) is 0 Å². The third-order valence-corrected chi connectivity index (χ3v) is 1.75. The molecular formula is C8H10O3. The van der Waals surface area contributed by atoms with E-state index in [4.69, 9.17) is 0 Å². The summed E-state index contributed by atoms with van der Waals surface area (Å²) in [4.78, 5) is 20.7. The van der Waals surface area contributed by atoms with Crippen molar-refractivity contribution in [3.8, 4) is 0 Å². The first-order valence-corrected chi connectivity index (χ1v) is 3.49. The SMILES string of the molecule is COC(=O)/C=C/C1CC1C=O. The van der Waals surface area contributed by atoms with Crippen LogP contribution in [0, 0.1) is 11.8 Å². The average molecular weight is 154 g/mol. The van der Waals surface area contributed by atoms with E-state index in [1.165, 1.54) is 13.2 Å². The molecule has 0 aliphatic heterocycles. The summed E-state index contributed by atoms with van der Waals surface area (Å²) in [6.07, 6.45) is 4.89. The van der Waals surface area contributed by atoms with Crippen molar-refractivity contribution < 1.29 is 14.3 Å². The molecule has 1 saturated carbocycles. The summed E-state index contributed by atoms with van der Waals surface area (Å²) < 4.78 is 4.38. The molecule has 0 saturated heterocycles. The van der Waals surface area contributed by atoms with Crippen molar-refractivity contribution in [3.63, 3.8) is 0 Å². The van der Waals surface area contributed by atoms with Gasteiger partial charge in [-0.15, -0.1) is 0 Å². The van der Waals surface area contributed by atoms with Gasteiger partial charge in [0.15, 0.2) is 0 Å². The highest BCUT2D eigenvalue weighted by atomic mass is 16.5. The van der Waals surface area contributed by atoms with Gasteiger partial charge in [-0.1, -0.05) is 6.08 Å². The van der Waals surface area contributed by atoms with E-state index in [1.807, 2.05) is 0 Å². The Hall–Kier alpha value is -1.12. The molecule has 3 nitrogen and oxygen atoms in total. The van der Waals surface area contributed by atoms with Crippen molar-refractivity contribution >= 4 is 12.3 Å². The number of hydrogen-bond donors (Lipinski definition) is 0. The molecule has 0 spiro atoms. The minimum Gasteiger partial charge on any atom is -0.466 e. The molecule has 0 radical (unpaired) electrons. The first kappa shape index (κ1) is 7.98. The van der Waals surface area contributed by atoms with Crippen LogP contribution in [-0.2, 0) is 14.3 Å². The lowest BCUT2D eigenvalue weighted by molar-refractivity contribution is -0.134. The van der Waals surface area contributed by atoms with Crippen molar-refractivity contribution in [2.24, 2.45) is 11.8 Å². The molecule has 0 aromatic carbocycles. The lowest BCUT2D eigenvalue weighted by Gasteiger charge is -1.87. The first-order chi connectivity index (χ1) is 5.27. The van der Waals surface area contributed by atoms with Gasteiger partial charge in [-0.2, -0.15) is 0 Å². The van der Waals surface area contributed by atoms with Crippen LogP contribution in [0.4, 0.5) is 0 Å². The van der Waals surface area contributed by atoms with Gasteiger partial charge in [0.25, 0.3) is 0 Å². The van der Waals surface area contributed by atoms with Gasteiger partial charge in [0.1, 0.15) is 6.29 Å². The molecule has 1 aliphatic carbocycles. The van der Waals surface area contributed by atoms with Gasteiger partial charge in [-0.3, -0.25) is 0 Å². The Bertz CT molecular complexity index is 196. The summed E-state index contributed by atoms with van der Waals surface area (Å²) >= 11 is 0. The first-order valence-electron chi connectivity index (χ1n) is 3.49. The highest BCUT2D eigenvalue weighted by molar-refractivity contribution is 5.82. The molecule has 60 valence electrons. The number of carbonyl (C=O) groups is 2. The summed E-state index contributed by atoms with van der Waals surface area (Å²) in [6.45, 7) is 0. The molecule has 0 amide bonds. The lowest BCUT2D eigenvalue weighted by atomic mass is 10.3. The lowest BCUT2D eigenvalue weighted by Crippen LogP contribution is -1.93. The number of rotatable bonds is 3. The fourth-order valence-electron chi connectivity index (χ4n) is 0.884. The Labute approximate surface area is 65.0 Å². The number of methoxy groups -OCH3 is 1. The predicted octanol–water partition coefficient (Wildman–Crippen LogP) is 0.551. The number of ether oxygens (including phenoxy) is 1. The van der Waals surface area contributed by atoms with Crippen molar-refractivity contribution in [1.82, 2.24) is 0 Å². The summed E-state index contributed by atoms with van der Waals surface area (Å²) in [7, 11) is 1.33. The molecule has 0 aromatic heterocycles. The van der Waals surface area contributed by atoms with Crippen molar-refractivity contribution in [3.05, 3.63) is 12.2 Å². The number of aldehydes is 1. The molecule has 11 heavy (non-hydrogen) atoms. The third kappa shape index (κ3) is 2.18. The molecule has 3 heteroatoms. The molecule has 2 unspecified atom stereocenters. The van der Waals surface area contributed by atoms with Crippen LogP contribution in [0.15, 0.2) is 12.2 Å². The second-order valence-electron chi connectivity index (χ2n) is 2.58. The van der Waals surface area contributed by atoms with Gasteiger partial charge in [0, 0.05) is 12.0 Å². The molecule has 2 atom stereocenters. The molecule has 1 fully saturated rings. The van der Waals surface area contributed by atoms with Crippen LogP contribution >= 0.6 is 0 Å². The highest BCUT2D eigenvalue weighted by Gasteiger charge is 2.34. The minimum atomic E-state index is -0.360. The van der Waals surface area contributed by atoms with Crippen molar-refractivity contribution in [2.75, 3.05) is 7.11 Å². The monoisotopic (exact) mass is 154 g/mol. The maximum atomic E-state index is 10.5. The van der Waals surface area contributed by atoms with Gasteiger partial charge in [0.2, 0.25) is 0 Å². The van der Waals surface area contributed by atoms with E-state index in [0.717, 1.165) is 12.7 Å². The maximum Gasteiger partial charge on any atom is 0.330 e. The van der Waals surface area contributed by atoms with E-state index >= 15 is 0 Å². The van der Waals surface area contributed by atoms with E-state index in [2.05, 4.69) is 4.74 Å². The molecule has 0 heterocycles. The van der Waals surface area contributed by atoms with Crippen LogP contribution in [0.2, 0.25) is 0 Å². The van der Waals surface area contributed by atoms with Crippen LogP contribution in [0.1, 0.15) is 6.42 Å². The Morgan fingerprint density at radius 1 is 1.55 bits per heavy atom. The fourth-order valence-corrected chi connectivity index (χ4v) is 0.884. The number of carbonyl (C=O) groups excluding carboxylic acids is 2. The van der Waals surface area contributed by atoms with E-state index in [1.54, 1.807) is 6.08 Å². The largest absolute Gasteiger partial charge is 0.466 e. The minimum absolute atomic E-state index is 0.135. The van der Waals surface area contributed by atoms with Crippen LogP contribution < -0.4 is 0 Å². The molecule has 0 N–H and O–H groups in total. The Balaban J connectivity index is 2.27. The van der Waals surface area contributed by atoms with Crippen LogP contribution in [-0.4, -0.2) is 19.4 Å². The van der Waals surface area contributed by atoms with E-state index in [9.17, 15) is 9.59 Å². The van der Waals surface area contributed by atoms with Crippen molar-refractivity contribution in [1.29, 1.82) is 0 Å². The number of esters is 1. The smallest absolute Gasteiger partial charge is 0.330 e. The molecule has 0 bridgehead atoms. The maximum absolute atomic E-state index is 10.5. The predicted molar refractivity (Wildman–Crippen MR) is 38.8 cm³/mol. The van der Waals surface area contributed by atoms with Gasteiger partial charge in [0.05, 0.1) is 7.11 Å². The summed E-state index contributed by atoms with van der Waals surface area (Å²) in [5.74, 6) is 0.0454. The zero-order chi connectivity index (χ0) is 8.27. The number of allylic oxidation sites excluding steroid dienone is 1. The average Bonchev–Trinajstić information content (AvgIpc) is 2.78. The molecular weight excluding hydrogens is 144 g/mol. The third-order valence-electron chi connectivity index (χ3n) is 1.75. The van der Waals surface area contributed by atoms with Gasteiger partial charge < -0.3 is 9.53 Å². The molecule has 0 aromatic rings. The standard InChI is InChI=1S/C8H10O3/c1-11-8(10)3-2-6-4-7(6)5-9/h2-3,5-7H,4H2,1H3/b3-2+. The van der Waals surface area contributed by atoms with Gasteiger partial charge in [-0.25, -0.2) is 4.79 Å². The second-order valence-corrected chi connectivity index (χ2v) is 2.58. The van der Waals surface area contributed by atoms with E-state index in [-0.39, 0.29) is 17.8 Å². The summed E-state index contributed by atoms with van der Waals surface area (Å²) in [6, 6.07) is 0. The second kappa shape index (κ2) is 3.32. The Morgan fingerprint density at radius 3 is 2.73 bits per heavy atom. The normalized spacial score (nSPS) is 28.5. The van der Waals surface area contributed by atoms with Crippen LogP contribution in [0.3, 0.4) is 0 Å². The van der Waals surface area contributed by atoms with Crippen LogP contribution in [0.5, 0.6) is 0 Å². The zero-order valence-electron chi connectivity index (χ0n) is 6.32. The zero-order valence-corrected chi connectivity index (χ0v) is 6.32. The topological polar surface area (TPSA) is 43.4 Å².